The molecule has 1 heterocycles. The van der Waals surface area contributed by atoms with Crippen molar-refractivity contribution in [3.8, 4) is 5.75 Å². The molecule has 0 aliphatic carbocycles. The van der Waals surface area contributed by atoms with Crippen LogP contribution in [-0.2, 0) is 6.54 Å². The summed E-state index contributed by atoms with van der Waals surface area (Å²) in [4.78, 5) is 11.2. The summed E-state index contributed by atoms with van der Waals surface area (Å²) in [7, 11) is 0. The fraction of sp³-hybridized carbons (Fsp3) is 0.0909. The number of aromatic nitrogens is 2. The summed E-state index contributed by atoms with van der Waals surface area (Å²) >= 11 is 5.80. The van der Waals surface area contributed by atoms with Crippen LogP contribution in [-0.4, -0.2) is 15.3 Å². The molecular weight excluding hydrogens is 242 g/mol. The summed E-state index contributed by atoms with van der Waals surface area (Å²) in [5, 5.41) is 18.1. The lowest BCUT2D eigenvalue weighted by molar-refractivity contribution is 0.475. The normalized spacial score (nSPS) is 10.2. The monoisotopic (exact) mass is 251 g/mol. The molecule has 6 heteroatoms. The molecule has 1 aromatic heterocycles. The SMILES string of the molecule is O=c1[nH]ncc(NCc2ccc(O)cc2)c1Cl. The maximum absolute atomic E-state index is 11.2. The number of halogens is 1. The van der Waals surface area contributed by atoms with E-state index in [-0.39, 0.29) is 10.8 Å². The maximum atomic E-state index is 11.2. The minimum atomic E-state index is -0.428. The number of hydrogen-bond acceptors (Lipinski definition) is 4. The Morgan fingerprint density at radius 2 is 2.06 bits per heavy atom. The second-order valence-corrected chi connectivity index (χ2v) is 3.82. The predicted octanol–water partition coefficient (Wildman–Crippen LogP) is 1.74. The Labute approximate surface area is 102 Å². The number of aromatic amines is 1. The number of phenolic OH excluding ortho intramolecular Hbond substituents is 1. The molecule has 0 aliphatic rings. The first-order valence-electron chi connectivity index (χ1n) is 4.92. The summed E-state index contributed by atoms with van der Waals surface area (Å²) in [5.74, 6) is 0.213. The molecule has 0 bridgehead atoms. The summed E-state index contributed by atoms with van der Waals surface area (Å²) in [6.45, 7) is 0.491. The zero-order valence-corrected chi connectivity index (χ0v) is 9.53. The first-order chi connectivity index (χ1) is 8.16. The number of nitrogens with zero attached hydrogens (tertiary/aromatic N) is 1. The van der Waals surface area contributed by atoms with Crippen LogP contribution in [0.4, 0.5) is 5.69 Å². The third-order valence-electron chi connectivity index (χ3n) is 2.21. The molecule has 0 radical (unpaired) electrons. The molecule has 0 atom stereocenters. The van der Waals surface area contributed by atoms with Gasteiger partial charge in [0.2, 0.25) is 0 Å². The highest BCUT2D eigenvalue weighted by molar-refractivity contribution is 6.32. The fourth-order valence-corrected chi connectivity index (χ4v) is 1.48. The molecule has 0 aliphatic heterocycles. The summed E-state index contributed by atoms with van der Waals surface area (Å²) in [5.41, 5.74) is 1.00. The third kappa shape index (κ3) is 2.76. The highest BCUT2D eigenvalue weighted by Crippen LogP contribution is 2.16. The molecule has 1 aromatic carbocycles. The fourth-order valence-electron chi connectivity index (χ4n) is 1.32. The number of rotatable bonds is 3. The van der Waals surface area contributed by atoms with Crippen molar-refractivity contribution in [3.05, 3.63) is 51.4 Å². The van der Waals surface area contributed by atoms with Gasteiger partial charge in [-0.05, 0) is 17.7 Å². The van der Waals surface area contributed by atoms with Gasteiger partial charge in [0.25, 0.3) is 5.56 Å². The van der Waals surface area contributed by atoms with E-state index in [4.69, 9.17) is 16.7 Å². The first kappa shape index (κ1) is 11.5. The van der Waals surface area contributed by atoms with Gasteiger partial charge in [-0.3, -0.25) is 4.79 Å². The Kier molecular flexibility index (Phi) is 3.30. The molecule has 0 spiro atoms. The number of hydrogen-bond donors (Lipinski definition) is 3. The van der Waals surface area contributed by atoms with Crippen molar-refractivity contribution in [2.75, 3.05) is 5.32 Å². The number of benzene rings is 1. The summed E-state index contributed by atoms with van der Waals surface area (Å²) in [6, 6.07) is 6.73. The highest BCUT2D eigenvalue weighted by atomic mass is 35.5. The average molecular weight is 252 g/mol. The second-order valence-electron chi connectivity index (χ2n) is 3.45. The van der Waals surface area contributed by atoms with Crippen LogP contribution in [0.1, 0.15) is 5.56 Å². The molecule has 5 nitrogen and oxygen atoms in total. The van der Waals surface area contributed by atoms with E-state index in [2.05, 4.69) is 15.5 Å². The molecular formula is C11H10ClN3O2. The predicted molar refractivity (Wildman–Crippen MR) is 65.3 cm³/mol. The zero-order valence-electron chi connectivity index (χ0n) is 8.77. The molecule has 0 fully saturated rings. The van der Waals surface area contributed by atoms with Gasteiger partial charge in [-0.25, -0.2) is 5.10 Å². The lowest BCUT2D eigenvalue weighted by Gasteiger charge is -2.06. The smallest absolute Gasteiger partial charge is 0.285 e. The number of aromatic hydroxyl groups is 1. The Hall–Kier alpha value is -2.01. The Bertz CT molecular complexity index is 566. The van der Waals surface area contributed by atoms with Crippen LogP contribution in [0.2, 0.25) is 5.02 Å². The van der Waals surface area contributed by atoms with E-state index < -0.39 is 5.56 Å². The second kappa shape index (κ2) is 4.88. The van der Waals surface area contributed by atoms with Gasteiger partial charge in [0, 0.05) is 6.54 Å². The van der Waals surface area contributed by atoms with E-state index in [9.17, 15) is 4.79 Å². The minimum Gasteiger partial charge on any atom is -0.508 e. The van der Waals surface area contributed by atoms with Gasteiger partial charge in [-0.15, -0.1) is 0 Å². The van der Waals surface area contributed by atoms with Gasteiger partial charge >= 0.3 is 0 Å². The Morgan fingerprint density at radius 1 is 1.35 bits per heavy atom. The van der Waals surface area contributed by atoms with E-state index in [1.165, 1.54) is 6.20 Å². The topological polar surface area (TPSA) is 78.0 Å². The lowest BCUT2D eigenvalue weighted by Crippen LogP contribution is -2.11. The maximum Gasteiger partial charge on any atom is 0.285 e. The number of anilines is 1. The molecule has 17 heavy (non-hydrogen) atoms. The van der Waals surface area contributed by atoms with E-state index in [1.807, 2.05) is 0 Å². The van der Waals surface area contributed by atoms with Gasteiger partial charge in [-0.2, -0.15) is 5.10 Å². The van der Waals surface area contributed by atoms with E-state index in [0.29, 0.717) is 12.2 Å². The number of H-pyrrole nitrogens is 1. The van der Waals surface area contributed by atoms with Crippen LogP contribution in [0.3, 0.4) is 0 Å². The van der Waals surface area contributed by atoms with Gasteiger partial charge in [0.1, 0.15) is 10.8 Å². The van der Waals surface area contributed by atoms with Gasteiger partial charge in [0.05, 0.1) is 11.9 Å². The molecule has 2 aromatic rings. The van der Waals surface area contributed by atoms with E-state index in [0.717, 1.165) is 5.56 Å². The van der Waals surface area contributed by atoms with Crippen molar-refractivity contribution in [3.63, 3.8) is 0 Å². The van der Waals surface area contributed by atoms with Crippen molar-refractivity contribution in [1.82, 2.24) is 10.2 Å². The van der Waals surface area contributed by atoms with Crippen LogP contribution in [0.15, 0.2) is 35.3 Å². The Morgan fingerprint density at radius 3 is 2.76 bits per heavy atom. The van der Waals surface area contributed by atoms with Crippen LogP contribution in [0.25, 0.3) is 0 Å². The molecule has 2 rings (SSSR count). The largest absolute Gasteiger partial charge is 0.508 e. The quantitative estimate of drug-likeness (QED) is 0.777. The standard InChI is InChI=1S/C11H10ClN3O2/c12-10-9(6-14-15-11(10)17)13-5-7-1-3-8(16)4-2-7/h1-4,6,16H,5H2,(H2,13,15,17). The van der Waals surface area contributed by atoms with E-state index in [1.54, 1.807) is 24.3 Å². The van der Waals surface area contributed by atoms with Gasteiger partial charge < -0.3 is 10.4 Å². The molecule has 0 unspecified atom stereocenters. The zero-order chi connectivity index (χ0) is 12.3. The van der Waals surface area contributed by atoms with Crippen molar-refractivity contribution in [1.29, 1.82) is 0 Å². The Balaban J connectivity index is 2.10. The van der Waals surface area contributed by atoms with Crippen LogP contribution >= 0.6 is 11.6 Å². The van der Waals surface area contributed by atoms with Crippen molar-refractivity contribution < 1.29 is 5.11 Å². The van der Waals surface area contributed by atoms with E-state index >= 15 is 0 Å². The molecule has 0 saturated heterocycles. The lowest BCUT2D eigenvalue weighted by atomic mass is 10.2. The van der Waals surface area contributed by atoms with Crippen molar-refractivity contribution in [2.45, 2.75) is 6.54 Å². The van der Waals surface area contributed by atoms with Crippen LogP contribution < -0.4 is 10.9 Å². The minimum absolute atomic E-state index is 0.0822. The molecule has 88 valence electrons. The third-order valence-corrected chi connectivity index (χ3v) is 2.59. The number of nitrogens with one attached hydrogen (secondary N) is 2. The molecule has 0 saturated carbocycles. The number of phenols is 1. The molecule has 3 N–H and O–H groups in total. The van der Waals surface area contributed by atoms with Crippen molar-refractivity contribution >= 4 is 17.3 Å². The summed E-state index contributed by atoms with van der Waals surface area (Å²) in [6.07, 6.45) is 1.45. The van der Waals surface area contributed by atoms with Crippen molar-refractivity contribution in [2.24, 2.45) is 0 Å². The highest BCUT2D eigenvalue weighted by Gasteiger charge is 2.04. The summed E-state index contributed by atoms with van der Waals surface area (Å²) < 4.78 is 0. The van der Waals surface area contributed by atoms with Gasteiger partial charge in [-0.1, -0.05) is 23.7 Å². The molecule has 0 amide bonds. The van der Waals surface area contributed by atoms with Crippen LogP contribution in [0, 0.1) is 0 Å². The van der Waals surface area contributed by atoms with Crippen LogP contribution in [0.5, 0.6) is 5.75 Å². The first-order valence-corrected chi connectivity index (χ1v) is 5.29. The van der Waals surface area contributed by atoms with Gasteiger partial charge in [0.15, 0.2) is 0 Å². The average Bonchev–Trinajstić information content (AvgIpc) is 2.33.